The van der Waals surface area contributed by atoms with Crippen molar-refractivity contribution in [3.63, 3.8) is 0 Å². The van der Waals surface area contributed by atoms with Crippen LogP contribution in [0.15, 0.2) is 18.2 Å². The highest BCUT2D eigenvalue weighted by atomic mass is 19.3. The SMILES string of the molecule is Cc1cccc(CNC(C)(C)C)c1OCC(F)F. The molecule has 0 saturated heterocycles. The van der Waals surface area contributed by atoms with Crippen molar-refractivity contribution in [1.82, 2.24) is 5.32 Å². The van der Waals surface area contributed by atoms with Crippen LogP contribution in [0, 0.1) is 6.92 Å². The maximum atomic E-state index is 12.2. The molecule has 0 atom stereocenters. The molecule has 0 aliphatic carbocycles. The number of hydrogen-bond donors (Lipinski definition) is 1. The minimum absolute atomic E-state index is 0.0241. The van der Waals surface area contributed by atoms with E-state index < -0.39 is 13.0 Å². The second-order valence-corrected chi connectivity index (χ2v) is 5.37. The first-order valence-electron chi connectivity index (χ1n) is 6.04. The molecule has 0 spiro atoms. The maximum Gasteiger partial charge on any atom is 0.272 e. The van der Waals surface area contributed by atoms with Crippen molar-refractivity contribution < 1.29 is 13.5 Å². The molecule has 0 aliphatic heterocycles. The summed E-state index contributed by atoms with van der Waals surface area (Å²) in [5.74, 6) is 0.564. The zero-order chi connectivity index (χ0) is 13.8. The average molecular weight is 257 g/mol. The molecule has 1 aromatic carbocycles. The Labute approximate surface area is 107 Å². The van der Waals surface area contributed by atoms with Crippen molar-refractivity contribution in [1.29, 1.82) is 0 Å². The van der Waals surface area contributed by atoms with Gasteiger partial charge in [0.05, 0.1) is 0 Å². The Kier molecular flexibility index (Phi) is 5.08. The number of nitrogens with one attached hydrogen (secondary N) is 1. The molecule has 0 aromatic heterocycles. The Morgan fingerprint density at radius 1 is 1.28 bits per heavy atom. The van der Waals surface area contributed by atoms with E-state index in [4.69, 9.17) is 4.74 Å². The number of ether oxygens (including phenoxy) is 1. The van der Waals surface area contributed by atoms with Gasteiger partial charge in [-0.3, -0.25) is 0 Å². The summed E-state index contributed by atoms with van der Waals surface area (Å²) in [5.41, 5.74) is 1.76. The molecule has 0 heterocycles. The Hall–Kier alpha value is -1.16. The van der Waals surface area contributed by atoms with Crippen LogP contribution in [-0.4, -0.2) is 18.6 Å². The molecule has 0 aliphatic rings. The molecular formula is C14H21F2NO. The minimum Gasteiger partial charge on any atom is -0.487 e. The Bertz CT molecular complexity index is 386. The van der Waals surface area contributed by atoms with E-state index >= 15 is 0 Å². The summed E-state index contributed by atoms with van der Waals surface area (Å²) in [7, 11) is 0. The number of para-hydroxylation sites is 1. The smallest absolute Gasteiger partial charge is 0.272 e. The van der Waals surface area contributed by atoms with Crippen molar-refractivity contribution in [3.8, 4) is 5.75 Å². The van der Waals surface area contributed by atoms with Crippen LogP contribution in [-0.2, 0) is 6.54 Å². The van der Waals surface area contributed by atoms with Crippen LogP contribution >= 0.6 is 0 Å². The van der Waals surface area contributed by atoms with E-state index in [0.29, 0.717) is 12.3 Å². The Morgan fingerprint density at radius 2 is 1.94 bits per heavy atom. The van der Waals surface area contributed by atoms with Gasteiger partial charge < -0.3 is 10.1 Å². The van der Waals surface area contributed by atoms with E-state index in [2.05, 4.69) is 26.1 Å². The molecule has 1 N–H and O–H groups in total. The molecule has 0 radical (unpaired) electrons. The number of rotatable bonds is 5. The molecular weight excluding hydrogens is 236 g/mol. The zero-order valence-electron chi connectivity index (χ0n) is 11.4. The van der Waals surface area contributed by atoms with E-state index in [0.717, 1.165) is 11.1 Å². The fraction of sp³-hybridized carbons (Fsp3) is 0.571. The van der Waals surface area contributed by atoms with Gasteiger partial charge in [-0.1, -0.05) is 18.2 Å². The minimum atomic E-state index is -2.45. The summed E-state index contributed by atoms with van der Waals surface area (Å²) in [6, 6.07) is 5.66. The molecule has 0 fully saturated rings. The van der Waals surface area contributed by atoms with E-state index in [1.54, 1.807) is 0 Å². The second kappa shape index (κ2) is 6.14. The highest BCUT2D eigenvalue weighted by molar-refractivity contribution is 5.40. The fourth-order valence-electron chi connectivity index (χ4n) is 1.57. The number of aryl methyl sites for hydroxylation is 1. The van der Waals surface area contributed by atoms with Gasteiger partial charge in [-0.25, -0.2) is 8.78 Å². The fourth-order valence-corrected chi connectivity index (χ4v) is 1.57. The summed E-state index contributed by atoms with van der Waals surface area (Å²) in [5, 5.41) is 3.33. The van der Waals surface area contributed by atoms with Gasteiger partial charge in [0.2, 0.25) is 0 Å². The van der Waals surface area contributed by atoms with Crippen LogP contribution in [0.1, 0.15) is 31.9 Å². The lowest BCUT2D eigenvalue weighted by Gasteiger charge is -2.22. The summed E-state index contributed by atoms with van der Waals surface area (Å²) >= 11 is 0. The number of hydrogen-bond acceptors (Lipinski definition) is 2. The molecule has 0 unspecified atom stereocenters. The quantitative estimate of drug-likeness (QED) is 0.871. The Morgan fingerprint density at radius 3 is 2.50 bits per heavy atom. The first kappa shape index (κ1) is 14.9. The third-order valence-corrected chi connectivity index (χ3v) is 2.46. The molecule has 0 bridgehead atoms. The molecule has 1 rings (SSSR count). The van der Waals surface area contributed by atoms with Crippen molar-refractivity contribution in [2.45, 2.75) is 46.2 Å². The van der Waals surface area contributed by atoms with Gasteiger partial charge in [-0.15, -0.1) is 0 Å². The lowest BCUT2D eigenvalue weighted by molar-refractivity contribution is 0.0809. The molecule has 0 amide bonds. The van der Waals surface area contributed by atoms with Crippen molar-refractivity contribution >= 4 is 0 Å². The van der Waals surface area contributed by atoms with E-state index in [-0.39, 0.29) is 5.54 Å². The van der Waals surface area contributed by atoms with Gasteiger partial charge in [0.15, 0.2) is 0 Å². The lowest BCUT2D eigenvalue weighted by Crippen LogP contribution is -2.35. The largest absolute Gasteiger partial charge is 0.487 e. The number of alkyl halides is 2. The summed E-state index contributed by atoms with van der Waals surface area (Å²) < 4.78 is 29.6. The van der Waals surface area contributed by atoms with Gasteiger partial charge in [0, 0.05) is 17.6 Å². The first-order chi connectivity index (χ1) is 8.29. The van der Waals surface area contributed by atoms with Gasteiger partial charge in [0.25, 0.3) is 6.43 Å². The van der Waals surface area contributed by atoms with Gasteiger partial charge in [-0.2, -0.15) is 0 Å². The van der Waals surface area contributed by atoms with Crippen LogP contribution in [0.5, 0.6) is 5.75 Å². The van der Waals surface area contributed by atoms with Crippen LogP contribution in [0.3, 0.4) is 0 Å². The van der Waals surface area contributed by atoms with Gasteiger partial charge in [0.1, 0.15) is 12.4 Å². The Balaban J connectivity index is 2.80. The molecule has 18 heavy (non-hydrogen) atoms. The van der Waals surface area contributed by atoms with Crippen molar-refractivity contribution in [2.24, 2.45) is 0 Å². The van der Waals surface area contributed by atoms with Crippen molar-refractivity contribution in [2.75, 3.05) is 6.61 Å². The normalized spacial score (nSPS) is 11.9. The predicted octanol–water partition coefficient (Wildman–Crippen LogP) is 3.53. The molecule has 1 aromatic rings. The van der Waals surface area contributed by atoms with Gasteiger partial charge >= 0.3 is 0 Å². The molecule has 4 heteroatoms. The van der Waals surface area contributed by atoms with Crippen molar-refractivity contribution in [3.05, 3.63) is 29.3 Å². The summed E-state index contributed by atoms with van der Waals surface area (Å²) in [6.45, 7) is 8.08. The van der Waals surface area contributed by atoms with Crippen LogP contribution < -0.4 is 10.1 Å². The second-order valence-electron chi connectivity index (χ2n) is 5.37. The number of benzene rings is 1. The molecule has 2 nitrogen and oxygen atoms in total. The van der Waals surface area contributed by atoms with E-state index in [1.807, 2.05) is 25.1 Å². The third-order valence-electron chi connectivity index (χ3n) is 2.46. The molecule has 102 valence electrons. The lowest BCUT2D eigenvalue weighted by atomic mass is 10.1. The summed E-state index contributed by atoms with van der Waals surface area (Å²) in [4.78, 5) is 0. The van der Waals surface area contributed by atoms with Gasteiger partial charge in [-0.05, 0) is 33.3 Å². The standard InChI is InChI=1S/C14H21F2NO/c1-10-6-5-7-11(8-17-14(2,3)4)13(10)18-9-12(15)16/h5-7,12,17H,8-9H2,1-4H3. The monoisotopic (exact) mass is 257 g/mol. The highest BCUT2D eigenvalue weighted by Gasteiger charge is 2.13. The first-order valence-corrected chi connectivity index (χ1v) is 6.04. The van der Waals surface area contributed by atoms with E-state index in [9.17, 15) is 8.78 Å². The average Bonchev–Trinajstić information content (AvgIpc) is 2.23. The predicted molar refractivity (Wildman–Crippen MR) is 69.3 cm³/mol. The third kappa shape index (κ3) is 5.00. The van der Waals surface area contributed by atoms with Crippen LogP contribution in [0.25, 0.3) is 0 Å². The zero-order valence-corrected chi connectivity index (χ0v) is 11.4. The van der Waals surface area contributed by atoms with E-state index in [1.165, 1.54) is 0 Å². The summed E-state index contributed by atoms with van der Waals surface area (Å²) in [6.07, 6.45) is -2.45. The number of halogens is 2. The topological polar surface area (TPSA) is 21.3 Å². The molecule has 0 saturated carbocycles. The van der Waals surface area contributed by atoms with Crippen LogP contribution in [0.4, 0.5) is 8.78 Å². The van der Waals surface area contributed by atoms with Crippen LogP contribution in [0.2, 0.25) is 0 Å². The highest BCUT2D eigenvalue weighted by Crippen LogP contribution is 2.24. The maximum absolute atomic E-state index is 12.2.